The topological polar surface area (TPSA) is 119 Å². The number of carbonyl (C=O) groups excluding carboxylic acids is 5. The van der Waals surface area contributed by atoms with Crippen molar-refractivity contribution in [3.8, 4) is 5.75 Å². The zero-order valence-corrected chi connectivity index (χ0v) is 16.1. The van der Waals surface area contributed by atoms with E-state index in [-0.39, 0.29) is 48.5 Å². The van der Waals surface area contributed by atoms with Gasteiger partial charge in [-0.3, -0.25) is 34.2 Å². The minimum Gasteiger partial charge on any atom is -0.485 e. The van der Waals surface area contributed by atoms with Crippen LogP contribution in [0.5, 0.6) is 5.75 Å². The molecule has 0 aromatic heterocycles. The molecule has 2 aliphatic rings. The molecule has 1 aromatic rings. The first-order chi connectivity index (χ1) is 13.9. The second-order valence-corrected chi connectivity index (χ2v) is 6.75. The number of carbonyl (C=O) groups is 5. The first-order valence-corrected chi connectivity index (χ1v) is 9.50. The molecule has 0 bridgehead atoms. The third-order valence-electron chi connectivity index (χ3n) is 4.77. The van der Waals surface area contributed by atoms with Gasteiger partial charge in [-0.05, 0) is 31.9 Å². The Labute approximate surface area is 167 Å². The summed E-state index contributed by atoms with van der Waals surface area (Å²) in [5, 5.41) is 2.15. The number of ketones is 1. The summed E-state index contributed by atoms with van der Waals surface area (Å²) in [6.45, 7) is 2.71. The number of hydrogen-bond donors (Lipinski definition) is 1. The molecule has 3 rings (SSSR count). The van der Waals surface area contributed by atoms with E-state index in [9.17, 15) is 24.0 Å². The van der Waals surface area contributed by atoms with Crippen molar-refractivity contribution in [2.24, 2.45) is 0 Å². The number of rotatable bonds is 9. The smallest absolute Gasteiger partial charge is 0.266 e. The lowest BCUT2D eigenvalue weighted by molar-refractivity contribution is -0.136. The second-order valence-electron chi connectivity index (χ2n) is 6.75. The maximum absolute atomic E-state index is 12.9. The van der Waals surface area contributed by atoms with Crippen LogP contribution in [0.1, 0.15) is 53.3 Å². The average molecular weight is 402 g/mol. The van der Waals surface area contributed by atoms with Gasteiger partial charge < -0.3 is 9.47 Å². The van der Waals surface area contributed by atoms with Gasteiger partial charge in [0.1, 0.15) is 18.4 Å². The van der Waals surface area contributed by atoms with E-state index in [1.807, 2.05) is 6.92 Å². The third kappa shape index (κ3) is 4.34. The van der Waals surface area contributed by atoms with Gasteiger partial charge in [0.25, 0.3) is 11.8 Å². The van der Waals surface area contributed by atoms with E-state index in [2.05, 4.69) is 5.32 Å². The molecule has 9 nitrogen and oxygen atoms in total. The predicted molar refractivity (Wildman–Crippen MR) is 99.3 cm³/mol. The van der Waals surface area contributed by atoms with Crippen LogP contribution in [0, 0.1) is 0 Å². The fourth-order valence-corrected chi connectivity index (χ4v) is 3.35. The summed E-state index contributed by atoms with van der Waals surface area (Å²) in [6, 6.07) is 3.48. The van der Waals surface area contributed by atoms with Gasteiger partial charge in [-0.25, -0.2) is 0 Å². The Bertz CT molecular complexity index is 864. The monoisotopic (exact) mass is 402 g/mol. The number of imide groups is 2. The number of piperidine rings is 1. The van der Waals surface area contributed by atoms with Crippen molar-refractivity contribution in [1.29, 1.82) is 0 Å². The highest BCUT2D eigenvalue weighted by Crippen LogP contribution is 2.33. The first-order valence-electron chi connectivity index (χ1n) is 9.50. The Morgan fingerprint density at radius 1 is 1.21 bits per heavy atom. The van der Waals surface area contributed by atoms with Crippen molar-refractivity contribution in [3.05, 3.63) is 29.3 Å². The van der Waals surface area contributed by atoms with Crippen LogP contribution >= 0.6 is 0 Å². The molecule has 1 aromatic carbocycles. The molecule has 1 atom stereocenters. The zero-order chi connectivity index (χ0) is 21.0. The van der Waals surface area contributed by atoms with Crippen molar-refractivity contribution in [3.63, 3.8) is 0 Å². The highest BCUT2D eigenvalue weighted by Gasteiger charge is 2.46. The lowest BCUT2D eigenvalue weighted by atomic mass is 10.0. The minimum atomic E-state index is -1.05. The SMILES string of the molecule is CCOCCCC(=O)COc1cccc2c1C(=O)N(C1CCC(=O)NC1=O)C2=O. The largest absolute Gasteiger partial charge is 0.485 e. The van der Waals surface area contributed by atoms with Crippen molar-refractivity contribution in [2.75, 3.05) is 19.8 Å². The molecule has 2 heterocycles. The van der Waals surface area contributed by atoms with E-state index >= 15 is 0 Å². The fraction of sp³-hybridized carbons (Fsp3) is 0.450. The van der Waals surface area contributed by atoms with E-state index in [1.165, 1.54) is 12.1 Å². The summed E-state index contributed by atoms with van der Waals surface area (Å²) < 4.78 is 10.7. The first kappa shape index (κ1) is 20.7. The molecule has 4 amide bonds. The molecule has 1 N–H and O–H groups in total. The number of Topliss-reactive ketones (excluding diaryl/α,β-unsaturated/α-hetero) is 1. The van der Waals surface area contributed by atoms with Gasteiger partial charge in [0.15, 0.2) is 5.78 Å². The lowest BCUT2D eigenvalue weighted by Gasteiger charge is -2.27. The Morgan fingerprint density at radius 2 is 2.00 bits per heavy atom. The van der Waals surface area contributed by atoms with E-state index in [0.29, 0.717) is 19.6 Å². The molecular formula is C20H22N2O7. The minimum absolute atomic E-state index is 0.0318. The van der Waals surface area contributed by atoms with Crippen molar-refractivity contribution in [2.45, 2.75) is 38.6 Å². The van der Waals surface area contributed by atoms with E-state index in [4.69, 9.17) is 9.47 Å². The molecule has 2 aliphatic heterocycles. The van der Waals surface area contributed by atoms with Crippen LogP contribution in [-0.4, -0.2) is 60.2 Å². The number of amides is 4. The van der Waals surface area contributed by atoms with Crippen LogP contribution in [0.25, 0.3) is 0 Å². The molecule has 0 saturated carbocycles. The Balaban J connectivity index is 1.71. The number of fused-ring (bicyclic) bond motifs is 1. The molecule has 0 aliphatic carbocycles. The highest BCUT2D eigenvalue weighted by atomic mass is 16.5. The van der Waals surface area contributed by atoms with Gasteiger partial charge in [-0.15, -0.1) is 0 Å². The molecule has 1 unspecified atom stereocenters. The summed E-state index contributed by atoms with van der Waals surface area (Å²) in [4.78, 5) is 61.9. The fourth-order valence-electron chi connectivity index (χ4n) is 3.35. The summed E-state index contributed by atoms with van der Waals surface area (Å²) in [7, 11) is 0. The average Bonchev–Trinajstić information content (AvgIpc) is 2.95. The maximum Gasteiger partial charge on any atom is 0.266 e. The molecule has 154 valence electrons. The molecule has 9 heteroatoms. The molecule has 0 spiro atoms. The highest BCUT2D eigenvalue weighted by molar-refractivity contribution is 6.24. The Kier molecular flexibility index (Phi) is 6.38. The van der Waals surface area contributed by atoms with Gasteiger partial charge in [0.2, 0.25) is 11.8 Å². The van der Waals surface area contributed by atoms with Crippen LogP contribution < -0.4 is 10.1 Å². The van der Waals surface area contributed by atoms with Crippen LogP contribution in [0.3, 0.4) is 0 Å². The quantitative estimate of drug-likeness (QED) is 0.480. The zero-order valence-electron chi connectivity index (χ0n) is 16.1. The summed E-state index contributed by atoms with van der Waals surface area (Å²) in [6.07, 6.45) is 0.974. The van der Waals surface area contributed by atoms with Gasteiger partial charge in [-0.2, -0.15) is 0 Å². The van der Waals surface area contributed by atoms with Crippen LogP contribution in [0.4, 0.5) is 0 Å². The number of ether oxygens (including phenoxy) is 2. The van der Waals surface area contributed by atoms with Gasteiger partial charge in [0.05, 0.1) is 11.1 Å². The van der Waals surface area contributed by atoms with Gasteiger partial charge in [-0.1, -0.05) is 6.07 Å². The van der Waals surface area contributed by atoms with Gasteiger partial charge in [0, 0.05) is 26.1 Å². The van der Waals surface area contributed by atoms with Crippen LogP contribution in [-0.2, 0) is 19.1 Å². The van der Waals surface area contributed by atoms with Crippen LogP contribution in [0.2, 0.25) is 0 Å². The number of benzene rings is 1. The number of nitrogens with zero attached hydrogens (tertiary/aromatic N) is 1. The van der Waals surface area contributed by atoms with Crippen molar-refractivity contribution >= 4 is 29.4 Å². The summed E-state index contributed by atoms with van der Waals surface area (Å²) in [5.41, 5.74) is 0.144. The van der Waals surface area contributed by atoms with Gasteiger partial charge >= 0.3 is 0 Å². The van der Waals surface area contributed by atoms with E-state index < -0.39 is 29.7 Å². The van der Waals surface area contributed by atoms with Crippen molar-refractivity contribution < 1.29 is 33.4 Å². The second kappa shape index (κ2) is 8.95. The Morgan fingerprint density at radius 3 is 2.72 bits per heavy atom. The summed E-state index contributed by atoms with van der Waals surface area (Å²) >= 11 is 0. The molecule has 1 fully saturated rings. The Hall–Kier alpha value is -3.07. The lowest BCUT2D eigenvalue weighted by Crippen LogP contribution is -2.54. The van der Waals surface area contributed by atoms with Crippen LogP contribution in [0.15, 0.2) is 18.2 Å². The van der Waals surface area contributed by atoms with Crippen molar-refractivity contribution in [1.82, 2.24) is 10.2 Å². The third-order valence-corrected chi connectivity index (χ3v) is 4.77. The standard InChI is InChI=1S/C20H22N2O7/c1-2-28-10-4-5-12(23)11-29-15-7-3-6-13-17(15)20(27)22(19(13)26)14-8-9-16(24)21-18(14)25/h3,6-7,14H,2,4-5,8-11H2,1H3,(H,21,24,25). The van der Waals surface area contributed by atoms with E-state index in [0.717, 1.165) is 4.90 Å². The maximum atomic E-state index is 12.9. The molecule has 0 radical (unpaired) electrons. The normalized spacial score (nSPS) is 18.7. The number of nitrogens with one attached hydrogen (secondary N) is 1. The van der Waals surface area contributed by atoms with E-state index in [1.54, 1.807) is 6.07 Å². The molecular weight excluding hydrogens is 380 g/mol. The molecule has 29 heavy (non-hydrogen) atoms. The summed E-state index contributed by atoms with van der Waals surface area (Å²) in [5.74, 6) is -2.43. The number of hydrogen-bond acceptors (Lipinski definition) is 7. The molecule has 1 saturated heterocycles. The predicted octanol–water partition coefficient (Wildman–Crippen LogP) is 0.852.